The number of nitrogen functional groups attached to an aromatic ring is 1. The summed E-state index contributed by atoms with van der Waals surface area (Å²) in [5, 5.41) is 6.51. The molecule has 0 saturated carbocycles. The summed E-state index contributed by atoms with van der Waals surface area (Å²) in [7, 11) is 1.64. The number of hydrazone groups is 1. The predicted molar refractivity (Wildman–Crippen MR) is 81.6 cm³/mol. The van der Waals surface area contributed by atoms with Crippen molar-refractivity contribution in [3.8, 4) is 5.75 Å². The van der Waals surface area contributed by atoms with Gasteiger partial charge in [0.2, 0.25) is 5.13 Å². The average molecular weight is 292 g/mol. The molecule has 20 heavy (non-hydrogen) atoms. The fourth-order valence-corrected chi connectivity index (χ4v) is 1.98. The van der Waals surface area contributed by atoms with E-state index in [-0.39, 0.29) is 0 Å². The standard InChI is InChI=1S/C13H16N4O2S/c1-18-5-6-19-11-4-2-3-10(7-11)8-15-17-13-16-12(14)9-20-13/h2-4,7-9H,5-6,14H2,1H3,(H,16,17). The fourth-order valence-electron chi connectivity index (χ4n) is 1.43. The highest BCUT2D eigenvalue weighted by molar-refractivity contribution is 7.14. The summed E-state index contributed by atoms with van der Waals surface area (Å²) < 4.78 is 10.5. The lowest BCUT2D eigenvalue weighted by Gasteiger charge is -2.05. The molecule has 7 heteroatoms. The molecule has 0 fully saturated rings. The second kappa shape index (κ2) is 7.46. The molecular formula is C13H16N4O2S. The largest absolute Gasteiger partial charge is 0.491 e. The Morgan fingerprint density at radius 2 is 2.35 bits per heavy atom. The molecule has 0 saturated heterocycles. The number of thiazole rings is 1. The molecule has 0 atom stereocenters. The van der Waals surface area contributed by atoms with Crippen LogP contribution < -0.4 is 15.9 Å². The number of ether oxygens (including phenoxy) is 2. The summed E-state index contributed by atoms with van der Waals surface area (Å²) in [4.78, 5) is 4.04. The predicted octanol–water partition coefficient (Wildman–Crippen LogP) is 2.20. The van der Waals surface area contributed by atoms with Gasteiger partial charge in [-0.1, -0.05) is 12.1 Å². The fraction of sp³-hybridized carbons (Fsp3) is 0.231. The molecule has 106 valence electrons. The summed E-state index contributed by atoms with van der Waals surface area (Å²) >= 11 is 1.40. The first-order valence-electron chi connectivity index (χ1n) is 6.00. The van der Waals surface area contributed by atoms with Crippen molar-refractivity contribution in [1.82, 2.24) is 4.98 Å². The monoisotopic (exact) mass is 292 g/mol. The molecule has 0 spiro atoms. The van der Waals surface area contributed by atoms with E-state index in [4.69, 9.17) is 15.2 Å². The molecule has 0 unspecified atom stereocenters. The lowest BCUT2D eigenvalue weighted by molar-refractivity contribution is 0.146. The maximum atomic E-state index is 5.52. The molecule has 0 aliphatic heterocycles. The molecule has 0 bridgehead atoms. The minimum absolute atomic E-state index is 0.487. The Kier molecular flexibility index (Phi) is 5.33. The zero-order valence-corrected chi connectivity index (χ0v) is 11.9. The van der Waals surface area contributed by atoms with E-state index in [1.165, 1.54) is 11.3 Å². The minimum atomic E-state index is 0.487. The van der Waals surface area contributed by atoms with Crippen molar-refractivity contribution in [2.75, 3.05) is 31.5 Å². The maximum Gasteiger partial charge on any atom is 0.205 e. The summed E-state index contributed by atoms with van der Waals surface area (Å²) in [5.74, 6) is 1.27. The van der Waals surface area contributed by atoms with E-state index in [0.29, 0.717) is 24.2 Å². The number of nitrogens with one attached hydrogen (secondary N) is 1. The number of hydrogen-bond acceptors (Lipinski definition) is 7. The summed E-state index contributed by atoms with van der Waals surface area (Å²) in [6.07, 6.45) is 1.70. The van der Waals surface area contributed by atoms with Crippen LogP contribution in [0.4, 0.5) is 10.9 Å². The molecule has 0 amide bonds. The Balaban J connectivity index is 1.90. The van der Waals surface area contributed by atoms with Crippen LogP contribution in [0.15, 0.2) is 34.7 Å². The van der Waals surface area contributed by atoms with Gasteiger partial charge in [0.1, 0.15) is 18.2 Å². The van der Waals surface area contributed by atoms with Crippen LogP contribution in [0.3, 0.4) is 0 Å². The molecule has 2 rings (SSSR count). The normalized spacial score (nSPS) is 10.8. The van der Waals surface area contributed by atoms with Gasteiger partial charge in [0.15, 0.2) is 0 Å². The third kappa shape index (κ3) is 4.52. The number of rotatable bonds is 7. The zero-order valence-electron chi connectivity index (χ0n) is 11.1. The second-order valence-electron chi connectivity index (χ2n) is 3.86. The molecule has 1 aromatic carbocycles. The first-order valence-corrected chi connectivity index (χ1v) is 6.88. The number of benzene rings is 1. The average Bonchev–Trinajstić information content (AvgIpc) is 2.85. The first-order chi connectivity index (χ1) is 9.78. The zero-order chi connectivity index (χ0) is 14.2. The van der Waals surface area contributed by atoms with E-state index in [1.54, 1.807) is 18.7 Å². The molecule has 2 aromatic rings. The Bertz CT molecular complexity index is 571. The molecule has 1 aromatic heterocycles. The van der Waals surface area contributed by atoms with Gasteiger partial charge >= 0.3 is 0 Å². The van der Waals surface area contributed by atoms with Crippen molar-refractivity contribution in [2.24, 2.45) is 5.10 Å². The maximum absolute atomic E-state index is 5.52. The number of methoxy groups -OCH3 is 1. The minimum Gasteiger partial charge on any atom is -0.491 e. The van der Waals surface area contributed by atoms with E-state index in [9.17, 15) is 0 Å². The van der Waals surface area contributed by atoms with Crippen LogP contribution in [0.2, 0.25) is 0 Å². The van der Waals surface area contributed by atoms with Gasteiger partial charge in [0.05, 0.1) is 12.8 Å². The molecule has 6 nitrogen and oxygen atoms in total. The van der Waals surface area contributed by atoms with Crippen molar-refractivity contribution in [3.63, 3.8) is 0 Å². The van der Waals surface area contributed by atoms with Gasteiger partial charge in [0, 0.05) is 12.5 Å². The van der Waals surface area contributed by atoms with E-state index < -0.39 is 0 Å². The Morgan fingerprint density at radius 3 is 3.10 bits per heavy atom. The van der Waals surface area contributed by atoms with Crippen LogP contribution in [0.25, 0.3) is 0 Å². The van der Waals surface area contributed by atoms with E-state index in [2.05, 4.69) is 15.5 Å². The number of aromatic nitrogens is 1. The topological polar surface area (TPSA) is 81.8 Å². The quantitative estimate of drug-likeness (QED) is 0.464. The first kappa shape index (κ1) is 14.3. The smallest absolute Gasteiger partial charge is 0.205 e. The van der Waals surface area contributed by atoms with Crippen LogP contribution in [-0.4, -0.2) is 31.5 Å². The van der Waals surface area contributed by atoms with Crippen molar-refractivity contribution >= 4 is 28.5 Å². The van der Waals surface area contributed by atoms with Crippen molar-refractivity contribution in [1.29, 1.82) is 0 Å². The summed E-state index contributed by atoms with van der Waals surface area (Å²) in [6.45, 7) is 1.08. The SMILES string of the molecule is COCCOc1cccc(C=NNc2nc(N)cs2)c1. The summed E-state index contributed by atoms with van der Waals surface area (Å²) in [6, 6.07) is 7.63. The highest BCUT2D eigenvalue weighted by atomic mass is 32.1. The Morgan fingerprint density at radius 1 is 1.45 bits per heavy atom. The Hall–Kier alpha value is -2.12. The van der Waals surface area contributed by atoms with Crippen LogP contribution in [0.5, 0.6) is 5.75 Å². The van der Waals surface area contributed by atoms with E-state index in [1.807, 2.05) is 24.3 Å². The lowest BCUT2D eigenvalue weighted by atomic mass is 10.2. The highest BCUT2D eigenvalue weighted by Gasteiger charge is 1.97. The third-order valence-electron chi connectivity index (χ3n) is 2.31. The van der Waals surface area contributed by atoms with Crippen LogP contribution in [0, 0.1) is 0 Å². The molecular weight excluding hydrogens is 276 g/mol. The Labute approximate surface area is 121 Å². The lowest BCUT2D eigenvalue weighted by Crippen LogP contribution is -2.04. The van der Waals surface area contributed by atoms with E-state index >= 15 is 0 Å². The van der Waals surface area contributed by atoms with Crippen molar-refractivity contribution < 1.29 is 9.47 Å². The molecule has 0 radical (unpaired) electrons. The van der Waals surface area contributed by atoms with Gasteiger partial charge in [-0.15, -0.1) is 11.3 Å². The molecule has 0 aliphatic carbocycles. The van der Waals surface area contributed by atoms with Gasteiger partial charge in [0.25, 0.3) is 0 Å². The van der Waals surface area contributed by atoms with Crippen LogP contribution in [0.1, 0.15) is 5.56 Å². The van der Waals surface area contributed by atoms with Crippen LogP contribution in [-0.2, 0) is 4.74 Å². The van der Waals surface area contributed by atoms with Gasteiger partial charge in [-0.2, -0.15) is 5.10 Å². The highest BCUT2D eigenvalue weighted by Crippen LogP contribution is 2.16. The molecule has 0 aliphatic rings. The number of nitrogens with zero attached hydrogens (tertiary/aromatic N) is 2. The van der Waals surface area contributed by atoms with Gasteiger partial charge in [-0.3, -0.25) is 5.43 Å². The molecule has 1 heterocycles. The van der Waals surface area contributed by atoms with E-state index in [0.717, 1.165) is 11.3 Å². The van der Waals surface area contributed by atoms with Gasteiger partial charge < -0.3 is 15.2 Å². The molecule has 3 N–H and O–H groups in total. The number of nitrogens with two attached hydrogens (primary N) is 1. The van der Waals surface area contributed by atoms with Gasteiger partial charge in [-0.05, 0) is 17.7 Å². The van der Waals surface area contributed by atoms with Crippen molar-refractivity contribution in [2.45, 2.75) is 0 Å². The number of anilines is 2. The summed E-state index contributed by atoms with van der Waals surface area (Å²) in [5.41, 5.74) is 9.27. The van der Waals surface area contributed by atoms with Gasteiger partial charge in [-0.25, -0.2) is 4.98 Å². The van der Waals surface area contributed by atoms with Crippen molar-refractivity contribution in [3.05, 3.63) is 35.2 Å². The van der Waals surface area contributed by atoms with Crippen LogP contribution >= 0.6 is 11.3 Å². The second-order valence-corrected chi connectivity index (χ2v) is 4.72. The number of hydrogen-bond donors (Lipinski definition) is 2. The third-order valence-corrected chi connectivity index (χ3v) is 3.08.